The number of fused-ring (bicyclic) bond motifs is 1. The largest absolute Gasteiger partial charge is 0.307 e. The fourth-order valence-electron chi connectivity index (χ4n) is 3.19. The second-order valence-corrected chi connectivity index (χ2v) is 6.45. The number of rotatable bonds is 6. The van der Waals surface area contributed by atoms with Crippen molar-refractivity contribution in [2.75, 3.05) is 0 Å². The van der Waals surface area contributed by atoms with E-state index in [2.05, 4.69) is 22.4 Å². The van der Waals surface area contributed by atoms with Crippen molar-refractivity contribution < 1.29 is 9.59 Å². The lowest BCUT2D eigenvalue weighted by atomic mass is 10.1. The highest BCUT2D eigenvalue weighted by Crippen LogP contribution is 2.23. The van der Waals surface area contributed by atoms with Gasteiger partial charge in [-0.05, 0) is 29.8 Å². The Morgan fingerprint density at radius 1 is 0.704 bits per heavy atom. The predicted octanol–water partition coefficient (Wildman–Crippen LogP) is 3.17. The van der Waals surface area contributed by atoms with Crippen molar-refractivity contribution in [3.8, 4) is 0 Å². The fourth-order valence-corrected chi connectivity index (χ4v) is 3.19. The highest BCUT2D eigenvalue weighted by atomic mass is 16.2. The summed E-state index contributed by atoms with van der Waals surface area (Å²) in [5, 5.41) is 3.36. The van der Waals surface area contributed by atoms with Crippen molar-refractivity contribution >= 4 is 11.8 Å². The number of hydrogen-bond donors (Lipinski definition) is 1. The Labute approximate surface area is 157 Å². The van der Waals surface area contributed by atoms with Gasteiger partial charge in [-0.15, -0.1) is 0 Å². The van der Waals surface area contributed by atoms with Gasteiger partial charge in [-0.25, -0.2) is 0 Å². The number of carbonyl (C=O) groups excluding carboxylic acids is 2. The summed E-state index contributed by atoms with van der Waals surface area (Å²) in [5.41, 5.74) is 3.70. The van der Waals surface area contributed by atoms with Crippen LogP contribution in [-0.2, 0) is 19.6 Å². The van der Waals surface area contributed by atoms with Crippen LogP contribution in [0.15, 0.2) is 72.8 Å². The first-order valence-electron chi connectivity index (χ1n) is 8.87. The van der Waals surface area contributed by atoms with Gasteiger partial charge >= 0.3 is 0 Å². The maximum atomic E-state index is 12.5. The number of carbonyl (C=O) groups is 2. The van der Waals surface area contributed by atoms with Crippen LogP contribution in [0, 0.1) is 0 Å². The van der Waals surface area contributed by atoms with Crippen LogP contribution in [-0.4, -0.2) is 21.7 Å². The summed E-state index contributed by atoms with van der Waals surface area (Å²) in [6.45, 7) is 1.55. The van der Waals surface area contributed by atoms with Gasteiger partial charge in [0.05, 0.1) is 29.1 Å². The lowest BCUT2D eigenvalue weighted by Gasteiger charge is -2.14. The van der Waals surface area contributed by atoms with Gasteiger partial charge in [0.2, 0.25) is 0 Å². The number of amides is 2. The normalized spacial score (nSPS) is 13.1. The number of aromatic nitrogens is 1. The monoisotopic (exact) mass is 357 g/mol. The van der Waals surface area contributed by atoms with Gasteiger partial charge in [-0.3, -0.25) is 19.5 Å². The smallest absolute Gasteiger partial charge is 0.261 e. The van der Waals surface area contributed by atoms with E-state index in [1.54, 1.807) is 24.3 Å². The minimum absolute atomic E-state index is 0.179. The molecule has 0 fully saturated rings. The average molecular weight is 357 g/mol. The number of benzene rings is 2. The Morgan fingerprint density at radius 3 is 2.04 bits per heavy atom. The third-order valence-corrected chi connectivity index (χ3v) is 4.54. The molecule has 134 valence electrons. The van der Waals surface area contributed by atoms with E-state index in [9.17, 15) is 9.59 Å². The Hall–Kier alpha value is -3.31. The topological polar surface area (TPSA) is 62.3 Å². The molecule has 2 heterocycles. The van der Waals surface area contributed by atoms with Crippen LogP contribution < -0.4 is 5.32 Å². The molecule has 2 aromatic carbocycles. The molecule has 3 aromatic rings. The molecule has 1 aromatic heterocycles. The van der Waals surface area contributed by atoms with E-state index in [-0.39, 0.29) is 18.4 Å². The Morgan fingerprint density at radius 2 is 1.33 bits per heavy atom. The van der Waals surface area contributed by atoms with E-state index in [0.717, 1.165) is 12.2 Å². The Balaban J connectivity index is 1.41. The summed E-state index contributed by atoms with van der Waals surface area (Å²) < 4.78 is 0. The molecule has 1 N–H and O–H groups in total. The van der Waals surface area contributed by atoms with Crippen molar-refractivity contribution in [2.45, 2.75) is 19.6 Å². The van der Waals surface area contributed by atoms with Gasteiger partial charge in [0.25, 0.3) is 11.8 Å². The zero-order chi connectivity index (χ0) is 18.6. The van der Waals surface area contributed by atoms with Crippen molar-refractivity contribution in [1.29, 1.82) is 0 Å². The fraction of sp³-hybridized carbons (Fsp3) is 0.136. The van der Waals surface area contributed by atoms with Crippen molar-refractivity contribution in [1.82, 2.24) is 15.2 Å². The van der Waals surface area contributed by atoms with Crippen LogP contribution in [0.1, 0.15) is 37.7 Å². The van der Waals surface area contributed by atoms with Gasteiger partial charge in [0, 0.05) is 13.1 Å². The van der Waals surface area contributed by atoms with Crippen LogP contribution in [0.4, 0.5) is 0 Å². The zero-order valence-corrected chi connectivity index (χ0v) is 14.8. The molecule has 0 unspecified atom stereocenters. The highest BCUT2D eigenvalue weighted by molar-refractivity contribution is 6.21. The molecule has 5 heteroatoms. The summed E-state index contributed by atoms with van der Waals surface area (Å²) in [6.07, 6.45) is 0. The standard InChI is InChI=1S/C22H19N3O2/c26-21-19-11-4-5-12-20(19)22(27)25(21)15-18-10-6-9-17(24-18)14-23-13-16-7-2-1-3-8-16/h1-12,23H,13-15H2. The summed E-state index contributed by atoms with van der Waals surface area (Å²) in [7, 11) is 0. The summed E-state index contributed by atoms with van der Waals surface area (Å²) in [4.78, 5) is 30.8. The highest BCUT2D eigenvalue weighted by Gasteiger charge is 2.35. The molecule has 5 nitrogen and oxygen atoms in total. The van der Waals surface area contributed by atoms with E-state index in [1.807, 2.05) is 36.4 Å². The second kappa shape index (κ2) is 7.51. The molecule has 0 atom stereocenters. The number of nitrogens with zero attached hydrogens (tertiary/aromatic N) is 2. The molecule has 0 spiro atoms. The van der Waals surface area contributed by atoms with Gasteiger partial charge in [0.1, 0.15) is 0 Å². The van der Waals surface area contributed by atoms with E-state index in [1.165, 1.54) is 10.5 Å². The summed E-state index contributed by atoms with van der Waals surface area (Å²) in [6, 6.07) is 22.7. The lowest BCUT2D eigenvalue weighted by Crippen LogP contribution is -2.29. The first-order chi connectivity index (χ1) is 13.2. The molecule has 0 saturated heterocycles. The molecule has 0 saturated carbocycles. The lowest BCUT2D eigenvalue weighted by molar-refractivity contribution is 0.0640. The third-order valence-electron chi connectivity index (χ3n) is 4.54. The average Bonchev–Trinajstić information content (AvgIpc) is 2.94. The third kappa shape index (κ3) is 3.64. The van der Waals surface area contributed by atoms with Crippen LogP contribution in [0.2, 0.25) is 0 Å². The van der Waals surface area contributed by atoms with Crippen molar-refractivity contribution in [2.24, 2.45) is 0 Å². The molecule has 0 aliphatic carbocycles. The minimum Gasteiger partial charge on any atom is -0.307 e. The van der Waals surface area contributed by atoms with E-state index in [0.29, 0.717) is 23.4 Å². The summed E-state index contributed by atoms with van der Waals surface area (Å²) >= 11 is 0. The Bertz CT molecular complexity index is 951. The molecule has 4 rings (SSSR count). The number of pyridine rings is 1. The molecule has 1 aliphatic rings. The maximum Gasteiger partial charge on any atom is 0.261 e. The molecular formula is C22H19N3O2. The van der Waals surface area contributed by atoms with Gasteiger partial charge in [-0.1, -0.05) is 48.5 Å². The zero-order valence-electron chi connectivity index (χ0n) is 14.8. The van der Waals surface area contributed by atoms with E-state index < -0.39 is 0 Å². The SMILES string of the molecule is O=C1c2ccccc2C(=O)N1Cc1cccc(CNCc2ccccc2)n1. The number of nitrogens with one attached hydrogen (secondary N) is 1. The van der Waals surface area contributed by atoms with Crippen LogP contribution >= 0.6 is 0 Å². The predicted molar refractivity (Wildman–Crippen MR) is 102 cm³/mol. The number of imide groups is 1. The van der Waals surface area contributed by atoms with Gasteiger partial charge in [-0.2, -0.15) is 0 Å². The molecule has 0 radical (unpaired) electrons. The van der Waals surface area contributed by atoms with Crippen LogP contribution in [0.25, 0.3) is 0 Å². The first-order valence-corrected chi connectivity index (χ1v) is 8.87. The molecular weight excluding hydrogens is 338 g/mol. The van der Waals surface area contributed by atoms with Crippen LogP contribution in [0.3, 0.4) is 0 Å². The molecule has 27 heavy (non-hydrogen) atoms. The maximum absolute atomic E-state index is 12.5. The quantitative estimate of drug-likeness (QED) is 0.689. The van der Waals surface area contributed by atoms with E-state index in [4.69, 9.17) is 0 Å². The van der Waals surface area contributed by atoms with Crippen molar-refractivity contribution in [3.63, 3.8) is 0 Å². The van der Waals surface area contributed by atoms with E-state index >= 15 is 0 Å². The van der Waals surface area contributed by atoms with Gasteiger partial charge in [0.15, 0.2) is 0 Å². The Kier molecular flexibility index (Phi) is 4.77. The first kappa shape index (κ1) is 17.1. The van der Waals surface area contributed by atoms with Gasteiger partial charge < -0.3 is 5.32 Å². The number of hydrogen-bond acceptors (Lipinski definition) is 4. The second-order valence-electron chi connectivity index (χ2n) is 6.45. The molecule has 2 amide bonds. The van der Waals surface area contributed by atoms with Crippen LogP contribution in [0.5, 0.6) is 0 Å². The minimum atomic E-state index is -0.259. The van der Waals surface area contributed by atoms with Crippen molar-refractivity contribution in [3.05, 3.63) is 101 Å². The molecule has 1 aliphatic heterocycles. The summed E-state index contributed by atoms with van der Waals surface area (Å²) in [5.74, 6) is -0.519. The molecule has 0 bridgehead atoms.